The van der Waals surface area contributed by atoms with Crippen LogP contribution in [0, 0.1) is 11.8 Å². The Balaban J connectivity index is 1.35. The van der Waals surface area contributed by atoms with Gasteiger partial charge in [-0.15, -0.1) is 23.1 Å². The molecule has 1 aromatic carbocycles. The van der Waals surface area contributed by atoms with Gasteiger partial charge in [0.25, 0.3) is 0 Å². The van der Waals surface area contributed by atoms with Crippen LogP contribution >= 0.6 is 23.1 Å². The lowest BCUT2D eigenvalue weighted by atomic mass is 9.81. The maximum absolute atomic E-state index is 13.1. The van der Waals surface area contributed by atoms with Gasteiger partial charge in [-0.2, -0.15) is 0 Å². The van der Waals surface area contributed by atoms with E-state index in [1.54, 1.807) is 30.7 Å². The van der Waals surface area contributed by atoms with Gasteiger partial charge in [0.1, 0.15) is 5.75 Å². The highest BCUT2D eigenvalue weighted by molar-refractivity contribution is 8.01. The lowest BCUT2D eigenvalue weighted by Gasteiger charge is -2.36. The largest absolute Gasteiger partial charge is 0.497 e. The number of ether oxygens (including phenoxy) is 1. The number of carbonyl (C=O) groups excluding carboxylic acids is 1. The van der Waals surface area contributed by atoms with Gasteiger partial charge in [0.15, 0.2) is 5.78 Å². The number of thiophene rings is 1. The number of thioether (sulfide) groups is 1. The number of pyridine rings is 1. The zero-order chi connectivity index (χ0) is 23.2. The fourth-order valence-corrected chi connectivity index (χ4v) is 6.33. The number of carboxylic acid groups (broad SMARTS) is 1. The predicted molar refractivity (Wildman–Crippen MR) is 133 cm³/mol. The number of methoxy groups -OCH3 is 1. The van der Waals surface area contributed by atoms with Gasteiger partial charge in [0.05, 0.1) is 22.8 Å². The van der Waals surface area contributed by atoms with E-state index in [0.29, 0.717) is 30.7 Å². The Morgan fingerprint density at radius 1 is 1.30 bits per heavy atom. The van der Waals surface area contributed by atoms with Crippen LogP contribution in [0.4, 0.5) is 0 Å². The molecule has 1 N–H and O–H groups in total. The molecule has 0 radical (unpaired) electrons. The number of benzene rings is 1. The summed E-state index contributed by atoms with van der Waals surface area (Å²) in [6.45, 7) is 2.31. The smallest absolute Gasteiger partial charge is 0.308 e. The molecule has 2 aromatic heterocycles. The molecule has 8 heteroatoms. The number of ketones is 1. The normalized spacial score (nSPS) is 18.9. The van der Waals surface area contributed by atoms with Gasteiger partial charge in [-0.25, -0.2) is 0 Å². The van der Waals surface area contributed by atoms with Gasteiger partial charge in [0, 0.05) is 42.4 Å². The van der Waals surface area contributed by atoms with E-state index in [1.165, 1.54) is 4.21 Å². The average Bonchev–Trinajstić information content (AvgIpc) is 3.35. The first-order valence-corrected chi connectivity index (χ1v) is 13.0. The molecule has 0 amide bonds. The lowest BCUT2D eigenvalue weighted by Crippen LogP contribution is -2.44. The first kappa shape index (κ1) is 23.7. The van der Waals surface area contributed by atoms with Crippen LogP contribution in [-0.2, 0) is 4.79 Å². The molecule has 1 aliphatic heterocycles. The summed E-state index contributed by atoms with van der Waals surface area (Å²) in [4.78, 5) is 31.7. The number of aliphatic carboxylic acids is 1. The molecular formula is C25H28N2O4S2. The molecule has 4 rings (SSSR count). The zero-order valence-corrected chi connectivity index (χ0v) is 20.2. The van der Waals surface area contributed by atoms with Gasteiger partial charge in [-0.3, -0.25) is 14.6 Å². The summed E-state index contributed by atoms with van der Waals surface area (Å²) >= 11 is 3.55. The van der Waals surface area contributed by atoms with Crippen LogP contribution in [-0.4, -0.2) is 59.2 Å². The monoisotopic (exact) mass is 484 g/mol. The number of rotatable bonds is 10. The minimum absolute atomic E-state index is 0.00952. The number of aromatic nitrogens is 1. The Morgan fingerprint density at radius 2 is 2.18 bits per heavy atom. The van der Waals surface area contributed by atoms with E-state index in [9.17, 15) is 14.7 Å². The number of carboxylic acids is 1. The highest BCUT2D eigenvalue weighted by Gasteiger charge is 2.34. The maximum Gasteiger partial charge on any atom is 0.308 e. The van der Waals surface area contributed by atoms with Gasteiger partial charge < -0.3 is 14.7 Å². The van der Waals surface area contributed by atoms with E-state index in [-0.39, 0.29) is 11.7 Å². The molecule has 1 fully saturated rings. The number of piperidine rings is 1. The van der Waals surface area contributed by atoms with Crippen LogP contribution in [0.1, 0.15) is 29.6 Å². The number of fused-ring (bicyclic) bond motifs is 1. The molecule has 2 atom stereocenters. The molecule has 33 heavy (non-hydrogen) atoms. The number of nitrogens with zero attached hydrogens (tertiary/aromatic N) is 2. The third kappa shape index (κ3) is 5.93. The topological polar surface area (TPSA) is 79.7 Å². The van der Waals surface area contributed by atoms with Crippen LogP contribution in [0.15, 0.2) is 52.2 Å². The molecule has 0 aliphatic carbocycles. The maximum atomic E-state index is 13.1. The second-order valence-corrected chi connectivity index (χ2v) is 10.6. The fraction of sp³-hybridized carbons (Fsp3) is 0.400. The minimum Gasteiger partial charge on any atom is -0.497 e. The highest BCUT2D eigenvalue weighted by atomic mass is 32.2. The molecule has 1 saturated heterocycles. The summed E-state index contributed by atoms with van der Waals surface area (Å²) in [5, 5.41) is 12.7. The molecule has 6 nitrogen and oxygen atoms in total. The summed E-state index contributed by atoms with van der Waals surface area (Å²) in [6, 6.07) is 11.4. The quantitative estimate of drug-likeness (QED) is 0.317. The van der Waals surface area contributed by atoms with E-state index in [1.807, 2.05) is 36.0 Å². The third-order valence-electron chi connectivity index (χ3n) is 6.30. The van der Waals surface area contributed by atoms with Crippen molar-refractivity contribution in [2.45, 2.75) is 23.5 Å². The van der Waals surface area contributed by atoms with Gasteiger partial charge in [-0.05, 0) is 61.0 Å². The van der Waals surface area contributed by atoms with Gasteiger partial charge >= 0.3 is 5.97 Å². The van der Waals surface area contributed by atoms with Crippen LogP contribution in [0.3, 0.4) is 0 Å². The standard InChI is InChI=1S/C25H28N2O4S2/c1-31-18-5-6-22-20(15-18)19(8-10-26-22)23(28)7-4-17-9-11-27(16-21(17)25(29)30)12-14-33-24-3-2-13-32-24/h2-3,5-6,8,10,13,15,17,21H,4,7,9,11-12,14,16H2,1H3,(H,29,30). The molecule has 3 aromatic rings. The summed E-state index contributed by atoms with van der Waals surface area (Å²) < 4.78 is 6.59. The van der Waals surface area contributed by atoms with Crippen LogP contribution in [0.5, 0.6) is 5.75 Å². The molecule has 3 heterocycles. The Morgan fingerprint density at radius 3 is 2.94 bits per heavy atom. The second-order valence-electron chi connectivity index (χ2n) is 8.28. The van der Waals surface area contributed by atoms with Crippen molar-refractivity contribution in [1.29, 1.82) is 0 Å². The molecule has 0 spiro atoms. The lowest BCUT2D eigenvalue weighted by molar-refractivity contribution is -0.146. The summed E-state index contributed by atoms with van der Waals surface area (Å²) in [5.41, 5.74) is 1.37. The molecular weight excluding hydrogens is 456 g/mol. The second kappa shape index (κ2) is 11.1. The van der Waals surface area contributed by atoms with Crippen molar-refractivity contribution >= 4 is 45.8 Å². The number of carbonyl (C=O) groups is 2. The Bertz CT molecular complexity index is 1100. The van der Waals surface area contributed by atoms with Gasteiger partial charge in [-0.1, -0.05) is 6.07 Å². The predicted octanol–water partition coefficient (Wildman–Crippen LogP) is 5.08. The van der Waals surface area contributed by atoms with Gasteiger partial charge in [0.2, 0.25) is 0 Å². The number of likely N-dealkylation sites (tertiary alicyclic amines) is 1. The van der Waals surface area contributed by atoms with E-state index in [4.69, 9.17) is 4.74 Å². The number of hydrogen-bond acceptors (Lipinski definition) is 7. The zero-order valence-electron chi connectivity index (χ0n) is 18.6. The van der Waals surface area contributed by atoms with Crippen molar-refractivity contribution in [2.24, 2.45) is 11.8 Å². The van der Waals surface area contributed by atoms with Crippen molar-refractivity contribution in [3.63, 3.8) is 0 Å². The third-order valence-corrected chi connectivity index (χ3v) is 8.41. The van der Waals surface area contributed by atoms with Crippen molar-refractivity contribution in [3.8, 4) is 5.75 Å². The number of Topliss-reactive ketones (excluding diaryl/α,β-unsaturated/α-hetero) is 1. The number of hydrogen-bond donors (Lipinski definition) is 1. The fourth-order valence-electron chi connectivity index (χ4n) is 4.46. The van der Waals surface area contributed by atoms with Crippen molar-refractivity contribution in [3.05, 3.63) is 53.5 Å². The average molecular weight is 485 g/mol. The van der Waals surface area contributed by atoms with Crippen LogP contribution in [0.2, 0.25) is 0 Å². The van der Waals surface area contributed by atoms with E-state index >= 15 is 0 Å². The Labute approximate surface area is 202 Å². The molecule has 1 aliphatic rings. The molecule has 174 valence electrons. The molecule has 2 unspecified atom stereocenters. The van der Waals surface area contributed by atoms with Crippen LogP contribution < -0.4 is 4.74 Å². The first-order chi connectivity index (χ1) is 16.0. The van der Waals surface area contributed by atoms with Crippen molar-refractivity contribution in [1.82, 2.24) is 9.88 Å². The van der Waals surface area contributed by atoms with Crippen LogP contribution in [0.25, 0.3) is 10.9 Å². The van der Waals surface area contributed by atoms with Crippen molar-refractivity contribution < 1.29 is 19.4 Å². The summed E-state index contributed by atoms with van der Waals surface area (Å²) in [7, 11) is 1.60. The van der Waals surface area contributed by atoms with E-state index < -0.39 is 11.9 Å². The first-order valence-electron chi connectivity index (χ1n) is 11.1. The van der Waals surface area contributed by atoms with Crippen molar-refractivity contribution in [2.75, 3.05) is 32.5 Å². The van der Waals surface area contributed by atoms with E-state index in [2.05, 4.69) is 21.3 Å². The minimum atomic E-state index is -0.762. The summed E-state index contributed by atoms with van der Waals surface area (Å²) in [5.74, 6) is 0.467. The molecule has 0 saturated carbocycles. The molecule has 0 bridgehead atoms. The summed E-state index contributed by atoms with van der Waals surface area (Å²) in [6.07, 6.45) is 3.37. The highest BCUT2D eigenvalue weighted by Crippen LogP contribution is 2.31. The Hall–Kier alpha value is -2.42. The SMILES string of the molecule is COc1ccc2nccc(C(=O)CCC3CCN(CCSc4cccs4)CC3C(=O)O)c2c1. The van der Waals surface area contributed by atoms with E-state index in [0.717, 1.165) is 36.2 Å². The Kier molecular flexibility index (Phi) is 8.01.